The first kappa shape index (κ1) is 18.1. The zero-order valence-corrected chi connectivity index (χ0v) is 14.9. The number of carboxylic acid groups (broad SMARTS) is 1. The Kier molecular flexibility index (Phi) is 5.68. The van der Waals surface area contributed by atoms with E-state index in [4.69, 9.17) is 0 Å². The van der Waals surface area contributed by atoms with Gasteiger partial charge in [0.25, 0.3) is 0 Å². The maximum absolute atomic E-state index is 11.4. The van der Waals surface area contributed by atoms with E-state index in [-0.39, 0.29) is 11.9 Å². The minimum absolute atomic E-state index is 0.00491. The van der Waals surface area contributed by atoms with Gasteiger partial charge in [-0.05, 0) is 48.2 Å². The Labute approximate surface area is 153 Å². The lowest BCUT2D eigenvalue weighted by molar-refractivity contribution is -0.120. The Balaban J connectivity index is 1.86. The van der Waals surface area contributed by atoms with Crippen molar-refractivity contribution in [3.63, 3.8) is 0 Å². The number of aromatic carboxylic acids is 1. The molecule has 2 aromatic carbocycles. The largest absolute Gasteiger partial charge is 0.478 e. The highest BCUT2D eigenvalue weighted by atomic mass is 16.4. The average Bonchev–Trinajstić information content (AvgIpc) is 2.62. The minimum atomic E-state index is -0.916. The molecule has 2 N–H and O–H groups in total. The van der Waals surface area contributed by atoms with Gasteiger partial charge in [-0.1, -0.05) is 36.4 Å². The summed E-state index contributed by atoms with van der Waals surface area (Å²) in [6, 6.07) is 15.5. The van der Waals surface area contributed by atoms with E-state index in [1.54, 1.807) is 19.1 Å². The van der Waals surface area contributed by atoms with E-state index in [1.807, 2.05) is 36.4 Å². The van der Waals surface area contributed by atoms with E-state index in [2.05, 4.69) is 10.2 Å². The molecule has 1 fully saturated rings. The Morgan fingerprint density at radius 1 is 1.19 bits per heavy atom. The normalized spacial score (nSPS) is 17.7. The Morgan fingerprint density at radius 3 is 2.65 bits per heavy atom. The van der Waals surface area contributed by atoms with Crippen LogP contribution in [-0.2, 0) is 11.3 Å². The second-order valence-corrected chi connectivity index (χ2v) is 6.82. The predicted octanol–water partition coefficient (Wildman–Crippen LogP) is 3.15. The summed E-state index contributed by atoms with van der Waals surface area (Å²) < 4.78 is 0. The Hall–Kier alpha value is -2.66. The number of carbonyl (C=O) groups excluding carboxylic acids is 1. The Bertz CT molecular complexity index is 789. The lowest BCUT2D eigenvalue weighted by Gasteiger charge is -2.33. The molecule has 1 heterocycles. The molecule has 0 bridgehead atoms. The first-order valence-electron chi connectivity index (χ1n) is 8.94. The van der Waals surface area contributed by atoms with Crippen molar-refractivity contribution >= 4 is 11.9 Å². The summed E-state index contributed by atoms with van der Waals surface area (Å²) in [5.41, 5.74) is 3.43. The Morgan fingerprint density at radius 2 is 1.96 bits per heavy atom. The van der Waals surface area contributed by atoms with Crippen LogP contribution in [-0.4, -0.2) is 41.0 Å². The highest BCUT2D eigenvalue weighted by Crippen LogP contribution is 2.27. The van der Waals surface area contributed by atoms with Gasteiger partial charge in [0, 0.05) is 26.1 Å². The monoisotopic (exact) mass is 352 g/mol. The van der Waals surface area contributed by atoms with Crippen molar-refractivity contribution in [2.24, 2.45) is 0 Å². The van der Waals surface area contributed by atoms with Gasteiger partial charge < -0.3 is 10.4 Å². The number of hydrogen-bond donors (Lipinski definition) is 2. The van der Waals surface area contributed by atoms with E-state index >= 15 is 0 Å². The van der Waals surface area contributed by atoms with Crippen LogP contribution in [0.1, 0.15) is 35.7 Å². The number of carbonyl (C=O) groups is 2. The number of nitrogens with one attached hydrogen (secondary N) is 1. The molecule has 2 aromatic rings. The molecule has 26 heavy (non-hydrogen) atoms. The lowest BCUT2D eigenvalue weighted by Crippen LogP contribution is -2.46. The standard InChI is InChI=1S/C21H24N2O3/c1-15(24)22-19-8-5-11-23(14-19)13-18-12-17(21(25)26)9-10-20(18)16-6-3-2-4-7-16/h2-4,6-7,9-10,12,19H,5,8,11,13-14H2,1H3,(H,22,24)(H,25,26). The van der Waals surface area contributed by atoms with Gasteiger partial charge in [0.05, 0.1) is 5.56 Å². The van der Waals surface area contributed by atoms with Crippen molar-refractivity contribution in [1.29, 1.82) is 0 Å². The van der Waals surface area contributed by atoms with Crippen LogP contribution in [0.4, 0.5) is 0 Å². The van der Waals surface area contributed by atoms with Gasteiger partial charge in [-0.2, -0.15) is 0 Å². The number of nitrogens with zero attached hydrogens (tertiary/aromatic N) is 1. The van der Waals surface area contributed by atoms with Crippen LogP contribution in [0.2, 0.25) is 0 Å². The number of amides is 1. The summed E-state index contributed by atoms with van der Waals surface area (Å²) in [6.45, 7) is 3.94. The molecule has 0 aliphatic carbocycles. The molecule has 0 radical (unpaired) electrons. The van der Waals surface area contributed by atoms with Crippen molar-refractivity contribution in [2.75, 3.05) is 13.1 Å². The summed E-state index contributed by atoms with van der Waals surface area (Å²) in [5, 5.41) is 12.4. The zero-order chi connectivity index (χ0) is 18.5. The van der Waals surface area contributed by atoms with Gasteiger partial charge in [0.15, 0.2) is 0 Å². The summed E-state index contributed by atoms with van der Waals surface area (Å²) >= 11 is 0. The van der Waals surface area contributed by atoms with Gasteiger partial charge in [0.1, 0.15) is 0 Å². The van der Waals surface area contributed by atoms with Gasteiger partial charge in [0.2, 0.25) is 5.91 Å². The summed E-state index contributed by atoms with van der Waals surface area (Å²) in [4.78, 5) is 25.0. The molecule has 1 aliphatic heterocycles. The van der Waals surface area contributed by atoms with E-state index in [9.17, 15) is 14.7 Å². The second-order valence-electron chi connectivity index (χ2n) is 6.82. The summed E-state index contributed by atoms with van der Waals surface area (Å²) in [5.74, 6) is -0.921. The van der Waals surface area contributed by atoms with Crippen LogP contribution in [0.5, 0.6) is 0 Å². The maximum Gasteiger partial charge on any atom is 0.335 e. The molecular formula is C21H24N2O3. The molecule has 1 atom stereocenters. The van der Waals surface area contributed by atoms with E-state index in [0.717, 1.165) is 42.6 Å². The van der Waals surface area contributed by atoms with Gasteiger partial charge in [-0.3, -0.25) is 9.69 Å². The summed E-state index contributed by atoms with van der Waals surface area (Å²) in [6.07, 6.45) is 2.00. The molecular weight excluding hydrogens is 328 g/mol. The quantitative estimate of drug-likeness (QED) is 0.867. The highest BCUT2D eigenvalue weighted by Gasteiger charge is 2.22. The second kappa shape index (κ2) is 8.15. The van der Waals surface area contributed by atoms with Crippen molar-refractivity contribution in [1.82, 2.24) is 10.2 Å². The van der Waals surface area contributed by atoms with Crippen LogP contribution in [0, 0.1) is 0 Å². The van der Waals surface area contributed by atoms with Gasteiger partial charge in [-0.15, -0.1) is 0 Å². The van der Waals surface area contributed by atoms with Crippen LogP contribution in [0.15, 0.2) is 48.5 Å². The predicted molar refractivity (Wildman–Crippen MR) is 101 cm³/mol. The molecule has 1 aliphatic rings. The molecule has 5 nitrogen and oxygen atoms in total. The average molecular weight is 352 g/mol. The fourth-order valence-electron chi connectivity index (χ4n) is 3.60. The lowest BCUT2D eigenvalue weighted by atomic mass is 9.96. The van der Waals surface area contributed by atoms with Gasteiger partial charge >= 0.3 is 5.97 Å². The van der Waals surface area contributed by atoms with Crippen molar-refractivity contribution < 1.29 is 14.7 Å². The number of hydrogen-bond acceptors (Lipinski definition) is 3. The molecule has 0 spiro atoms. The third-order valence-corrected chi connectivity index (χ3v) is 4.74. The highest BCUT2D eigenvalue weighted by molar-refractivity contribution is 5.89. The number of benzene rings is 2. The SMILES string of the molecule is CC(=O)NC1CCCN(Cc2cc(C(=O)O)ccc2-c2ccccc2)C1. The molecule has 136 valence electrons. The molecule has 5 heteroatoms. The third-order valence-electron chi connectivity index (χ3n) is 4.74. The van der Waals surface area contributed by atoms with Crippen molar-refractivity contribution in [3.05, 3.63) is 59.7 Å². The van der Waals surface area contributed by atoms with Crippen LogP contribution < -0.4 is 5.32 Å². The van der Waals surface area contributed by atoms with Crippen molar-refractivity contribution in [2.45, 2.75) is 32.4 Å². The van der Waals surface area contributed by atoms with E-state index in [1.165, 1.54) is 0 Å². The minimum Gasteiger partial charge on any atom is -0.478 e. The zero-order valence-electron chi connectivity index (χ0n) is 14.9. The summed E-state index contributed by atoms with van der Waals surface area (Å²) in [7, 11) is 0. The first-order chi connectivity index (χ1) is 12.5. The van der Waals surface area contributed by atoms with Crippen LogP contribution in [0.25, 0.3) is 11.1 Å². The number of rotatable bonds is 5. The van der Waals surface area contributed by atoms with E-state index < -0.39 is 5.97 Å². The fraction of sp³-hybridized carbons (Fsp3) is 0.333. The molecule has 1 unspecified atom stereocenters. The van der Waals surface area contributed by atoms with E-state index in [0.29, 0.717) is 12.1 Å². The topological polar surface area (TPSA) is 69.6 Å². The first-order valence-corrected chi connectivity index (χ1v) is 8.94. The number of carboxylic acids is 1. The molecule has 0 aromatic heterocycles. The third kappa shape index (κ3) is 4.49. The molecule has 1 saturated heterocycles. The van der Waals surface area contributed by atoms with Crippen LogP contribution in [0.3, 0.4) is 0 Å². The number of likely N-dealkylation sites (tertiary alicyclic amines) is 1. The number of piperidine rings is 1. The van der Waals surface area contributed by atoms with Gasteiger partial charge in [-0.25, -0.2) is 4.79 Å². The molecule has 1 amide bonds. The molecule has 3 rings (SSSR count). The molecule has 0 saturated carbocycles. The smallest absolute Gasteiger partial charge is 0.335 e. The fourth-order valence-corrected chi connectivity index (χ4v) is 3.60. The maximum atomic E-state index is 11.4. The van der Waals surface area contributed by atoms with Crippen LogP contribution >= 0.6 is 0 Å². The van der Waals surface area contributed by atoms with Crippen molar-refractivity contribution in [3.8, 4) is 11.1 Å².